The molecule has 5 rings (SSSR count). The van der Waals surface area contributed by atoms with E-state index in [4.69, 9.17) is 0 Å². The van der Waals surface area contributed by atoms with Gasteiger partial charge in [-0.15, -0.1) is 0 Å². The van der Waals surface area contributed by atoms with Gasteiger partial charge in [-0.25, -0.2) is 14.8 Å². The van der Waals surface area contributed by atoms with Gasteiger partial charge in [0, 0.05) is 19.5 Å². The van der Waals surface area contributed by atoms with Crippen LogP contribution in [0.3, 0.4) is 0 Å². The number of aryl methyl sites for hydroxylation is 2. The SMILES string of the molecule is Cn1c(Sc2ccc3ccccc3n2)nc2c1c(=O)n(Cc1ccccc1)c(=O)n2C. The van der Waals surface area contributed by atoms with Gasteiger partial charge in [-0.05, 0) is 29.5 Å². The van der Waals surface area contributed by atoms with Crippen molar-refractivity contribution in [2.45, 2.75) is 16.7 Å². The standard InChI is InChI=1S/C23H19N5O2S/c1-26-19-20(25-22(26)31-18-13-12-16-10-6-7-11-17(16)24-18)27(2)23(30)28(21(19)29)14-15-8-4-3-5-9-15/h3-13H,14H2,1-2H3. The number of nitrogens with zero attached hydrogens (tertiary/aromatic N) is 5. The van der Waals surface area contributed by atoms with Crippen LogP contribution in [-0.4, -0.2) is 23.7 Å². The molecule has 7 nitrogen and oxygen atoms in total. The lowest BCUT2D eigenvalue weighted by Gasteiger charge is -2.08. The molecule has 0 aliphatic heterocycles. The van der Waals surface area contributed by atoms with Gasteiger partial charge in [-0.1, -0.05) is 54.6 Å². The highest BCUT2D eigenvalue weighted by Crippen LogP contribution is 2.28. The van der Waals surface area contributed by atoms with Gasteiger partial charge in [0.2, 0.25) is 0 Å². The average Bonchev–Trinajstić information content (AvgIpc) is 3.12. The first-order valence-corrected chi connectivity index (χ1v) is 10.6. The van der Waals surface area contributed by atoms with E-state index in [1.165, 1.54) is 20.9 Å². The topological polar surface area (TPSA) is 74.7 Å². The molecule has 0 spiro atoms. The van der Waals surface area contributed by atoms with Gasteiger partial charge < -0.3 is 4.57 Å². The van der Waals surface area contributed by atoms with Crippen LogP contribution < -0.4 is 11.2 Å². The largest absolute Gasteiger partial charge is 0.332 e. The lowest BCUT2D eigenvalue weighted by Crippen LogP contribution is -2.39. The Balaban J connectivity index is 1.61. The number of imidazole rings is 1. The second-order valence-corrected chi connectivity index (χ2v) is 8.28. The molecule has 3 heterocycles. The van der Waals surface area contributed by atoms with Crippen LogP contribution in [-0.2, 0) is 20.6 Å². The summed E-state index contributed by atoms with van der Waals surface area (Å²) in [5, 5.41) is 2.43. The molecule has 31 heavy (non-hydrogen) atoms. The van der Waals surface area contributed by atoms with Crippen molar-refractivity contribution < 1.29 is 0 Å². The fourth-order valence-electron chi connectivity index (χ4n) is 3.62. The summed E-state index contributed by atoms with van der Waals surface area (Å²) in [6.45, 7) is 0.210. The number of rotatable bonds is 4. The summed E-state index contributed by atoms with van der Waals surface area (Å²) < 4.78 is 4.42. The maximum atomic E-state index is 13.2. The number of pyridine rings is 1. The van der Waals surface area contributed by atoms with Crippen molar-refractivity contribution in [2.24, 2.45) is 14.1 Å². The Morgan fingerprint density at radius 3 is 2.39 bits per heavy atom. The third-order valence-corrected chi connectivity index (χ3v) is 6.26. The highest BCUT2D eigenvalue weighted by atomic mass is 32.2. The van der Waals surface area contributed by atoms with Crippen LogP contribution in [0.5, 0.6) is 0 Å². The summed E-state index contributed by atoms with van der Waals surface area (Å²) in [7, 11) is 3.43. The van der Waals surface area contributed by atoms with Crippen LogP contribution in [0.25, 0.3) is 22.1 Å². The predicted octanol–water partition coefficient (Wildman–Crippen LogP) is 3.18. The fraction of sp³-hybridized carbons (Fsp3) is 0.130. The summed E-state index contributed by atoms with van der Waals surface area (Å²) in [4.78, 5) is 35.4. The third kappa shape index (κ3) is 3.34. The minimum Gasteiger partial charge on any atom is -0.316 e. The summed E-state index contributed by atoms with van der Waals surface area (Å²) in [5.74, 6) is 0. The first-order chi connectivity index (χ1) is 15.0. The van der Waals surface area contributed by atoms with E-state index in [9.17, 15) is 9.59 Å². The van der Waals surface area contributed by atoms with E-state index in [1.54, 1.807) is 18.7 Å². The number of fused-ring (bicyclic) bond motifs is 2. The van der Waals surface area contributed by atoms with Crippen molar-refractivity contribution in [1.29, 1.82) is 0 Å². The van der Waals surface area contributed by atoms with Gasteiger partial charge in [0.15, 0.2) is 16.3 Å². The molecule has 8 heteroatoms. The number of aromatic nitrogens is 5. The third-order valence-electron chi connectivity index (χ3n) is 5.27. The highest BCUT2D eigenvalue weighted by molar-refractivity contribution is 7.99. The molecule has 0 saturated heterocycles. The number of para-hydroxylation sites is 1. The minimum absolute atomic E-state index is 0.210. The van der Waals surface area contributed by atoms with Gasteiger partial charge in [0.1, 0.15) is 5.03 Å². The van der Waals surface area contributed by atoms with E-state index < -0.39 is 0 Å². The van der Waals surface area contributed by atoms with E-state index in [2.05, 4.69) is 9.97 Å². The lowest BCUT2D eigenvalue weighted by molar-refractivity contribution is 0.655. The zero-order valence-electron chi connectivity index (χ0n) is 17.0. The van der Waals surface area contributed by atoms with Gasteiger partial charge >= 0.3 is 5.69 Å². The molecule has 0 saturated carbocycles. The summed E-state index contributed by atoms with van der Waals surface area (Å²) in [5.41, 5.74) is 1.79. The van der Waals surface area contributed by atoms with Crippen molar-refractivity contribution in [3.63, 3.8) is 0 Å². The van der Waals surface area contributed by atoms with Gasteiger partial charge in [0.25, 0.3) is 5.56 Å². The predicted molar refractivity (Wildman–Crippen MR) is 122 cm³/mol. The van der Waals surface area contributed by atoms with E-state index in [-0.39, 0.29) is 17.8 Å². The van der Waals surface area contributed by atoms with Crippen LogP contribution in [0.15, 0.2) is 86.5 Å². The Morgan fingerprint density at radius 2 is 1.58 bits per heavy atom. The second-order valence-electron chi connectivity index (χ2n) is 7.29. The molecule has 0 fully saturated rings. The zero-order valence-corrected chi connectivity index (χ0v) is 17.8. The van der Waals surface area contributed by atoms with Crippen molar-refractivity contribution in [1.82, 2.24) is 23.7 Å². The Labute approximate surface area is 181 Å². The van der Waals surface area contributed by atoms with Crippen molar-refractivity contribution in [3.05, 3.63) is 93.1 Å². The Kier molecular flexibility index (Phi) is 4.71. The van der Waals surface area contributed by atoms with Crippen LogP contribution in [0.4, 0.5) is 0 Å². The van der Waals surface area contributed by atoms with Crippen molar-refractivity contribution in [2.75, 3.05) is 0 Å². The fourth-order valence-corrected chi connectivity index (χ4v) is 4.45. The zero-order chi connectivity index (χ0) is 21.5. The number of hydrogen-bond acceptors (Lipinski definition) is 5. The average molecular weight is 430 g/mol. The van der Waals surface area contributed by atoms with E-state index in [0.29, 0.717) is 16.3 Å². The van der Waals surface area contributed by atoms with Crippen molar-refractivity contribution in [3.8, 4) is 0 Å². The lowest BCUT2D eigenvalue weighted by atomic mass is 10.2. The molecule has 3 aromatic heterocycles. The van der Waals surface area contributed by atoms with Crippen LogP contribution in [0, 0.1) is 0 Å². The number of benzene rings is 2. The van der Waals surface area contributed by atoms with Crippen molar-refractivity contribution >= 4 is 33.8 Å². The molecule has 0 amide bonds. The first-order valence-electron chi connectivity index (χ1n) is 9.77. The van der Waals surface area contributed by atoms with E-state index >= 15 is 0 Å². The molecule has 0 aliphatic rings. The van der Waals surface area contributed by atoms with Gasteiger partial charge in [-0.2, -0.15) is 0 Å². The monoisotopic (exact) mass is 429 g/mol. The molecule has 0 radical (unpaired) electrons. The second kappa shape index (κ2) is 7.55. The molecule has 0 unspecified atom stereocenters. The molecule has 154 valence electrons. The molecule has 0 atom stereocenters. The van der Waals surface area contributed by atoms with Gasteiger partial charge in [-0.3, -0.25) is 13.9 Å². The number of hydrogen-bond donors (Lipinski definition) is 0. The maximum Gasteiger partial charge on any atom is 0.332 e. The molecular formula is C23H19N5O2S. The molecule has 0 aliphatic carbocycles. The smallest absolute Gasteiger partial charge is 0.316 e. The quantitative estimate of drug-likeness (QED) is 0.439. The van der Waals surface area contributed by atoms with Crippen LogP contribution >= 0.6 is 11.8 Å². The Hall–Kier alpha value is -3.65. The molecular weight excluding hydrogens is 410 g/mol. The molecule has 2 aromatic carbocycles. The van der Waals surface area contributed by atoms with E-state index in [1.807, 2.05) is 66.7 Å². The highest BCUT2D eigenvalue weighted by Gasteiger charge is 2.19. The van der Waals surface area contributed by atoms with E-state index in [0.717, 1.165) is 21.5 Å². The summed E-state index contributed by atoms with van der Waals surface area (Å²) >= 11 is 1.37. The van der Waals surface area contributed by atoms with Gasteiger partial charge in [0.05, 0.1) is 12.1 Å². The molecule has 0 bridgehead atoms. The summed E-state index contributed by atoms with van der Waals surface area (Å²) in [6, 6.07) is 21.3. The maximum absolute atomic E-state index is 13.2. The Morgan fingerprint density at radius 1 is 0.839 bits per heavy atom. The van der Waals surface area contributed by atoms with Crippen LogP contribution in [0.2, 0.25) is 0 Å². The minimum atomic E-state index is -0.389. The molecule has 5 aromatic rings. The van der Waals surface area contributed by atoms with Crippen LogP contribution in [0.1, 0.15) is 5.56 Å². The first kappa shape index (κ1) is 19.3. The Bertz CT molecular complexity index is 1550. The molecule has 0 N–H and O–H groups in total. The normalized spacial score (nSPS) is 11.4. The summed E-state index contributed by atoms with van der Waals surface area (Å²) in [6.07, 6.45) is 0.